The van der Waals surface area contributed by atoms with Crippen molar-refractivity contribution in [2.45, 2.75) is 38.8 Å². The molecule has 5 heteroatoms. The molecule has 0 aliphatic rings. The number of carboxylic acid groups (broad SMARTS) is 1. The number of esters is 1. The second-order valence-corrected chi connectivity index (χ2v) is 6.70. The predicted octanol–water partition coefficient (Wildman–Crippen LogP) is 2.77. The first-order valence-corrected chi connectivity index (χ1v) is 7.91. The van der Waals surface area contributed by atoms with Crippen LogP contribution in [0.4, 0.5) is 0 Å². The van der Waals surface area contributed by atoms with Gasteiger partial charge in [-0.25, -0.2) is 0 Å². The SMILES string of the molecule is CC(C)(C)OC(=O)CNC(Cc1cccc2ccccc12)C(=O)O. The zero-order valence-electron chi connectivity index (χ0n) is 14.2. The molecule has 0 saturated heterocycles. The Balaban J connectivity index is 2.08. The summed E-state index contributed by atoms with van der Waals surface area (Å²) in [4.78, 5) is 23.3. The molecule has 0 radical (unpaired) electrons. The lowest BCUT2D eigenvalue weighted by Crippen LogP contribution is -2.42. The van der Waals surface area contributed by atoms with Gasteiger partial charge in [0.15, 0.2) is 0 Å². The van der Waals surface area contributed by atoms with E-state index < -0.39 is 23.6 Å². The molecule has 0 aliphatic carbocycles. The lowest BCUT2D eigenvalue weighted by Gasteiger charge is -2.21. The predicted molar refractivity (Wildman–Crippen MR) is 92.9 cm³/mol. The molecule has 1 atom stereocenters. The molecule has 2 rings (SSSR count). The molecule has 0 fully saturated rings. The molecule has 0 bridgehead atoms. The van der Waals surface area contributed by atoms with Crippen LogP contribution in [0.5, 0.6) is 0 Å². The van der Waals surface area contributed by atoms with Crippen molar-refractivity contribution in [3.8, 4) is 0 Å². The molecule has 2 aromatic rings. The summed E-state index contributed by atoms with van der Waals surface area (Å²) in [5.74, 6) is -1.46. The van der Waals surface area contributed by atoms with Gasteiger partial charge >= 0.3 is 11.9 Å². The molecule has 24 heavy (non-hydrogen) atoms. The summed E-state index contributed by atoms with van der Waals surface area (Å²) in [5.41, 5.74) is 0.338. The number of aliphatic carboxylic acids is 1. The summed E-state index contributed by atoms with van der Waals surface area (Å²) >= 11 is 0. The van der Waals surface area contributed by atoms with Gasteiger partial charge in [-0.05, 0) is 43.5 Å². The minimum absolute atomic E-state index is 0.140. The molecule has 0 amide bonds. The van der Waals surface area contributed by atoms with Gasteiger partial charge < -0.3 is 9.84 Å². The average Bonchev–Trinajstić information content (AvgIpc) is 2.49. The van der Waals surface area contributed by atoms with Gasteiger partial charge in [-0.3, -0.25) is 14.9 Å². The largest absolute Gasteiger partial charge is 0.480 e. The number of hydrogen-bond donors (Lipinski definition) is 2. The molecule has 0 aromatic heterocycles. The average molecular weight is 329 g/mol. The molecular formula is C19H23NO4. The Hall–Kier alpha value is -2.40. The van der Waals surface area contributed by atoms with Crippen molar-refractivity contribution in [1.82, 2.24) is 5.32 Å². The maximum absolute atomic E-state index is 11.8. The van der Waals surface area contributed by atoms with Crippen LogP contribution in [0, 0.1) is 0 Å². The first-order valence-electron chi connectivity index (χ1n) is 7.91. The molecule has 0 spiro atoms. The first-order chi connectivity index (χ1) is 11.3. The van der Waals surface area contributed by atoms with Crippen molar-refractivity contribution in [3.63, 3.8) is 0 Å². The van der Waals surface area contributed by atoms with Crippen LogP contribution in [-0.4, -0.2) is 35.2 Å². The van der Waals surface area contributed by atoms with Gasteiger partial charge in [0.25, 0.3) is 0 Å². The molecular weight excluding hydrogens is 306 g/mol. The number of nitrogens with one attached hydrogen (secondary N) is 1. The molecule has 5 nitrogen and oxygen atoms in total. The number of hydrogen-bond acceptors (Lipinski definition) is 4. The third-order valence-electron chi connectivity index (χ3n) is 3.51. The van der Waals surface area contributed by atoms with Crippen LogP contribution >= 0.6 is 0 Å². The van der Waals surface area contributed by atoms with E-state index in [1.807, 2.05) is 42.5 Å². The van der Waals surface area contributed by atoms with E-state index in [-0.39, 0.29) is 6.54 Å². The summed E-state index contributed by atoms with van der Waals surface area (Å²) in [6.07, 6.45) is 0.291. The number of fused-ring (bicyclic) bond motifs is 1. The van der Waals surface area contributed by atoms with E-state index in [1.54, 1.807) is 20.8 Å². The topological polar surface area (TPSA) is 75.6 Å². The highest BCUT2D eigenvalue weighted by atomic mass is 16.6. The van der Waals surface area contributed by atoms with Crippen molar-refractivity contribution in [3.05, 3.63) is 48.0 Å². The molecule has 0 saturated carbocycles. The lowest BCUT2D eigenvalue weighted by atomic mass is 9.99. The van der Waals surface area contributed by atoms with Gasteiger partial charge in [0.05, 0.1) is 6.54 Å². The van der Waals surface area contributed by atoms with Crippen LogP contribution in [0.2, 0.25) is 0 Å². The van der Waals surface area contributed by atoms with Crippen LogP contribution in [0.3, 0.4) is 0 Å². The highest BCUT2D eigenvalue weighted by Gasteiger charge is 2.22. The number of carbonyl (C=O) groups is 2. The monoisotopic (exact) mass is 329 g/mol. The van der Waals surface area contributed by atoms with E-state index in [9.17, 15) is 14.7 Å². The summed E-state index contributed by atoms with van der Waals surface area (Å²) in [6, 6.07) is 12.8. The summed E-state index contributed by atoms with van der Waals surface area (Å²) in [7, 11) is 0. The van der Waals surface area contributed by atoms with E-state index in [1.165, 1.54) is 0 Å². The fourth-order valence-electron chi connectivity index (χ4n) is 2.52. The van der Waals surface area contributed by atoms with Gasteiger partial charge in [-0.15, -0.1) is 0 Å². The smallest absolute Gasteiger partial charge is 0.321 e. The summed E-state index contributed by atoms with van der Waals surface area (Å²) < 4.78 is 5.19. The van der Waals surface area contributed by atoms with E-state index in [0.717, 1.165) is 16.3 Å². The van der Waals surface area contributed by atoms with Crippen molar-refractivity contribution >= 4 is 22.7 Å². The number of ether oxygens (including phenoxy) is 1. The van der Waals surface area contributed by atoms with Gasteiger partial charge in [-0.2, -0.15) is 0 Å². The van der Waals surface area contributed by atoms with Crippen LogP contribution in [0.15, 0.2) is 42.5 Å². The van der Waals surface area contributed by atoms with Crippen molar-refractivity contribution in [2.75, 3.05) is 6.54 Å². The Labute approximate surface area is 141 Å². The Kier molecular flexibility index (Phi) is 5.57. The van der Waals surface area contributed by atoms with E-state index in [2.05, 4.69) is 5.32 Å². The number of carboxylic acids is 1. The highest BCUT2D eigenvalue weighted by molar-refractivity contribution is 5.86. The van der Waals surface area contributed by atoms with Gasteiger partial charge in [-0.1, -0.05) is 42.5 Å². The Morgan fingerprint density at radius 1 is 1.12 bits per heavy atom. The quantitative estimate of drug-likeness (QED) is 0.797. The van der Waals surface area contributed by atoms with Crippen LogP contribution in [-0.2, 0) is 20.7 Å². The highest BCUT2D eigenvalue weighted by Crippen LogP contribution is 2.20. The Bertz CT molecular complexity index is 728. The molecule has 0 heterocycles. The summed E-state index contributed by atoms with van der Waals surface area (Å²) in [6.45, 7) is 5.18. The normalized spacial score (nSPS) is 12.8. The van der Waals surface area contributed by atoms with Gasteiger partial charge in [0.2, 0.25) is 0 Å². The number of rotatable bonds is 6. The minimum Gasteiger partial charge on any atom is -0.480 e. The number of carbonyl (C=O) groups excluding carboxylic acids is 1. The Morgan fingerprint density at radius 2 is 1.79 bits per heavy atom. The molecule has 1 unspecified atom stereocenters. The maximum atomic E-state index is 11.8. The lowest BCUT2D eigenvalue weighted by molar-refractivity contribution is -0.154. The van der Waals surface area contributed by atoms with Crippen LogP contribution < -0.4 is 5.32 Å². The fourth-order valence-corrected chi connectivity index (χ4v) is 2.52. The first kappa shape index (κ1) is 17.9. The molecule has 128 valence electrons. The fraction of sp³-hybridized carbons (Fsp3) is 0.368. The third kappa shape index (κ3) is 5.06. The van der Waals surface area contributed by atoms with Crippen molar-refractivity contribution in [1.29, 1.82) is 0 Å². The van der Waals surface area contributed by atoms with Crippen molar-refractivity contribution in [2.24, 2.45) is 0 Å². The second-order valence-electron chi connectivity index (χ2n) is 6.70. The zero-order valence-corrected chi connectivity index (χ0v) is 14.2. The third-order valence-corrected chi connectivity index (χ3v) is 3.51. The molecule has 0 aliphatic heterocycles. The van der Waals surface area contributed by atoms with Crippen LogP contribution in [0.25, 0.3) is 10.8 Å². The number of benzene rings is 2. The maximum Gasteiger partial charge on any atom is 0.321 e. The Morgan fingerprint density at radius 3 is 2.46 bits per heavy atom. The van der Waals surface area contributed by atoms with E-state index >= 15 is 0 Å². The minimum atomic E-state index is -0.994. The molecule has 2 N–H and O–H groups in total. The molecule has 2 aromatic carbocycles. The van der Waals surface area contributed by atoms with Crippen molar-refractivity contribution < 1.29 is 19.4 Å². The van der Waals surface area contributed by atoms with E-state index in [0.29, 0.717) is 6.42 Å². The van der Waals surface area contributed by atoms with Gasteiger partial charge in [0.1, 0.15) is 11.6 Å². The van der Waals surface area contributed by atoms with Gasteiger partial charge in [0, 0.05) is 0 Å². The second kappa shape index (κ2) is 7.45. The zero-order chi connectivity index (χ0) is 17.7. The van der Waals surface area contributed by atoms with E-state index in [4.69, 9.17) is 4.74 Å². The standard InChI is InChI=1S/C19H23NO4/c1-19(2,3)24-17(21)12-20-16(18(22)23)11-14-9-6-8-13-7-4-5-10-15(13)14/h4-10,16,20H,11-12H2,1-3H3,(H,22,23). The summed E-state index contributed by atoms with van der Waals surface area (Å²) in [5, 5.41) is 14.3. The van der Waals surface area contributed by atoms with Crippen LogP contribution in [0.1, 0.15) is 26.3 Å².